The minimum absolute atomic E-state index is 0.717. The van der Waals surface area contributed by atoms with Crippen molar-refractivity contribution in [2.45, 2.75) is 52.0 Å². The zero-order valence-corrected chi connectivity index (χ0v) is 15.6. The third-order valence-corrected chi connectivity index (χ3v) is 5.56. The lowest BCUT2D eigenvalue weighted by Gasteiger charge is -2.47. The van der Waals surface area contributed by atoms with Crippen LogP contribution in [0.1, 0.15) is 19.3 Å². The Morgan fingerprint density at radius 3 is 1.07 bits per heavy atom. The van der Waals surface area contributed by atoms with Crippen LogP contribution >= 0.6 is 46.4 Å². The first kappa shape index (κ1) is 25.2. The van der Waals surface area contributed by atoms with Gasteiger partial charge in [0, 0.05) is 0 Å². The molecule has 0 aromatic rings. The Hall–Kier alpha value is 0.190. The molecule has 0 radical (unpaired) electrons. The van der Waals surface area contributed by atoms with Crippen LogP contribution in [0.25, 0.3) is 0 Å². The van der Waals surface area contributed by atoms with Crippen molar-refractivity contribution in [1.29, 1.82) is 0 Å². The van der Waals surface area contributed by atoms with Crippen LogP contribution in [0.15, 0.2) is 0 Å². The summed E-state index contributed by atoms with van der Waals surface area (Å²) in [7, 11) is 0. The molecule has 0 heterocycles. The fourth-order valence-electron chi connectivity index (χ4n) is 2.99. The molecule has 0 aliphatic heterocycles. The first-order chi connectivity index (χ1) is 11.6. The van der Waals surface area contributed by atoms with Crippen LogP contribution in [0.4, 0.5) is 35.1 Å². The topological polar surface area (TPSA) is 57.5 Å². The normalized spacial score (nSPS) is 24.3. The molecule has 1 aliphatic rings. The summed E-state index contributed by atoms with van der Waals surface area (Å²) in [5, 5.41) is -1.68. The van der Waals surface area contributed by atoms with E-state index in [2.05, 4.69) is 46.4 Å². The van der Waals surface area contributed by atoms with E-state index in [4.69, 9.17) is 0 Å². The Balaban J connectivity index is 3.58. The van der Waals surface area contributed by atoms with Gasteiger partial charge in [-0.2, -0.15) is 35.1 Å². The van der Waals surface area contributed by atoms with Gasteiger partial charge in [0.1, 0.15) is 5.78 Å². The van der Waals surface area contributed by atoms with Crippen LogP contribution in [0.3, 0.4) is 0 Å². The lowest BCUT2D eigenvalue weighted by molar-refractivity contribution is -0.263. The molecule has 0 unspecified atom stereocenters. The summed E-state index contributed by atoms with van der Waals surface area (Å²) < 4.78 is 108. The SMILES string of the molecule is O=C1[C@@H](C(O)(C(F)(F)Cl)C(F)(F)Cl)CCC[C@@H]1C(O)(C(F)(F)Cl)C(F)(F)Cl. The highest BCUT2D eigenvalue weighted by atomic mass is 35.5. The quantitative estimate of drug-likeness (QED) is 0.412. The van der Waals surface area contributed by atoms with Gasteiger partial charge in [-0.05, 0) is 59.2 Å². The zero-order chi connectivity index (χ0) is 21.9. The Bertz CT molecular complexity index is 505. The van der Waals surface area contributed by atoms with E-state index < -0.39 is 69.6 Å². The molecule has 1 saturated carbocycles. The van der Waals surface area contributed by atoms with E-state index in [1.165, 1.54) is 0 Å². The van der Waals surface area contributed by atoms with Crippen molar-refractivity contribution >= 4 is 52.2 Å². The largest absolute Gasteiger partial charge is 0.376 e. The lowest BCUT2D eigenvalue weighted by atomic mass is 9.66. The molecule has 3 nitrogen and oxygen atoms in total. The molecule has 15 heteroatoms. The Morgan fingerprint density at radius 1 is 0.667 bits per heavy atom. The Kier molecular flexibility index (Phi) is 6.69. The van der Waals surface area contributed by atoms with Gasteiger partial charge in [0.2, 0.25) is 11.2 Å². The number of hydrogen-bond donors (Lipinski definition) is 2. The molecule has 1 rings (SSSR count). The second-order valence-electron chi connectivity index (χ2n) is 5.96. The third kappa shape index (κ3) is 3.96. The maximum absolute atomic E-state index is 13.5. The number of hydrogen-bond acceptors (Lipinski definition) is 3. The molecule has 0 saturated heterocycles. The van der Waals surface area contributed by atoms with Gasteiger partial charge in [-0.25, -0.2) is 0 Å². The average molecular weight is 496 g/mol. The molecule has 2 N–H and O–H groups in total. The van der Waals surface area contributed by atoms with Gasteiger partial charge in [0.05, 0.1) is 11.8 Å². The predicted molar refractivity (Wildman–Crippen MR) is 78.9 cm³/mol. The number of ketones is 1. The van der Waals surface area contributed by atoms with Gasteiger partial charge in [0.25, 0.3) is 0 Å². The monoisotopic (exact) mass is 494 g/mol. The number of alkyl halides is 12. The zero-order valence-electron chi connectivity index (χ0n) is 12.6. The Morgan fingerprint density at radius 2 is 0.889 bits per heavy atom. The molecule has 2 atom stereocenters. The molecule has 0 aromatic carbocycles. The van der Waals surface area contributed by atoms with Crippen LogP contribution in [0.2, 0.25) is 0 Å². The Labute approximate surface area is 166 Å². The smallest absolute Gasteiger partial charge is 0.357 e. The van der Waals surface area contributed by atoms with Crippen molar-refractivity contribution in [3.05, 3.63) is 0 Å². The van der Waals surface area contributed by atoms with E-state index in [1.54, 1.807) is 0 Å². The highest BCUT2D eigenvalue weighted by molar-refractivity contribution is 6.27. The lowest BCUT2D eigenvalue weighted by Crippen LogP contribution is -2.68. The molecule has 27 heavy (non-hydrogen) atoms. The minimum Gasteiger partial charge on any atom is -0.376 e. The summed E-state index contributed by atoms with van der Waals surface area (Å²) in [4.78, 5) is 12.3. The molecule has 160 valence electrons. The number of carbonyl (C=O) groups is 1. The summed E-state index contributed by atoms with van der Waals surface area (Å²) >= 11 is 17.8. The number of rotatable bonds is 6. The second kappa shape index (κ2) is 7.16. The van der Waals surface area contributed by atoms with Gasteiger partial charge in [0.15, 0.2) is 0 Å². The van der Waals surface area contributed by atoms with Crippen molar-refractivity contribution in [1.82, 2.24) is 0 Å². The molecule has 1 aliphatic carbocycles. The van der Waals surface area contributed by atoms with Gasteiger partial charge in [-0.15, -0.1) is 0 Å². The summed E-state index contributed by atoms with van der Waals surface area (Å²) in [5.41, 5.74) is -9.72. The van der Waals surface area contributed by atoms with Crippen molar-refractivity contribution in [2.75, 3.05) is 0 Å². The second-order valence-corrected chi connectivity index (χ2v) is 7.86. The maximum Gasteiger partial charge on any atom is 0.357 e. The van der Waals surface area contributed by atoms with Crippen LogP contribution < -0.4 is 0 Å². The van der Waals surface area contributed by atoms with E-state index >= 15 is 0 Å². The van der Waals surface area contributed by atoms with Crippen molar-refractivity contribution in [3.8, 4) is 0 Å². The van der Waals surface area contributed by atoms with Gasteiger partial charge in [-0.1, -0.05) is 6.42 Å². The highest BCUT2D eigenvalue weighted by Crippen LogP contribution is 2.57. The molecule has 1 fully saturated rings. The van der Waals surface area contributed by atoms with E-state index in [0.29, 0.717) is 0 Å². The molecule has 0 bridgehead atoms. The fraction of sp³-hybridized carbons (Fsp3) is 0.917. The van der Waals surface area contributed by atoms with E-state index in [0.717, 1.165) is 0 Å². The fourth-order valence-corrected chi connectivity index (χ4v) is 4.09. The third-order valence-electron chi connectivity index (χ3n) is 4.41. The summed E-state index contributed by atoms with van der Waals surface area (Å²) in [6.07, 6.45) is -2.76. The number of halogens is 12. The maximum atomic E-state index is 13.5. The standard InChI is InChI=1S/C12H10Cl4F8O3/c13-9(17,18)7(26,10(14,19)20)4-2-1-3-5(6(4)25)8(27,11(15,21)22)12(16,23)24/h4-5,26-27H,1-3H2/t4-,5-/m0/s1. The summed E-state index contributed by atoms with van der Waals surface area (Å²) in [5.74, 6) is -8.24. The molecular weight excluding hydrogens is 486 g/mol. The molecule has 0 spiro atoms. The van der Waals surface area contributed by atoms with Crippen molar-refractivity contribution in [3.63, 3.8) is 0 Å². The summed E-state index contributed by atoms with van der Waals surface area (Å²) in [6.45, 7) is 0. The van der Waals surface area contributed by atoms with E-state index in [9.17, 15) is 50.1 Å². The van der Waals surface area contributed by atoms with Crippen molar-refractivity contribution in [2.24, 2.45) is 11.8 Å². The number of Topliss-reactive ketones (excluding diaryl/α,β-unsaturated/α-hetero) is 1. The predicted octanol–water partition coefficient (Wildman–Crippen LogP) is 4.76. The van der Waals surface area contributed by atoms with Gasteiger partial charge < -0.3 is 10.2 Å². The van der Waals surface area contributed by atoms with Gasteiger partial charge >= 0.3 is 21.5 Å². The van der Waals surface area contributed by atoms with Crippen LogP contribution in [-0.2, 0) is 4.79 Å². The van der Waals surface area contributed by atoms with E-state index in [1.807, 2.05) is 0 Å². The van der Waals surface area contributed by atoms with Crippen LogP contribution in [0, 0.1) is 11.8 Å². The average Bonchev–Trinajstić information content (AvgIpc) is 2.41. The first-order valence-corrected chi connectivity index (χ1v) is 8.40. The van der Waals surface area contributed by atoms with Crippen LogP contribution in [-0.4, -0.2) is 48.7 Å². The van der Waals surface area contributed by atoms with E-state index in [-0.39, 0.29) is 0 Å². The van der Waals surface area contributed by atoms with Crippen LogP contribution in [0.5, 0.6) is 0 Å². The number of aliphatic hydroxyl groups is 2. The molecule has 0 amide bonds. The van der Waals surface area contributed by atoms with Gasteiger partial charge in [-0.3, -0.25) is 4.79 Å². The molecule has 0 aromatic heterocycles. The highest BCUT2D eigenvalue weighted by Gasteiger charge is 2.77. The number of carbonyl (C=O) groups excluding carboxylic acids is 1. The first-order valence-electron chi connectivity index (χ1n) is 6.89. The van der Waals surface area contributed by atoms with Crippen molar-refractivity contribution < 1.29 is 50.1 Å². The summed E-state index contributed by atoms with van der Waals surface area (Å²) in [6, 6.07) is 0. The molecular formula is C12H10Cl4F8O3. The minimum atomic E-state index is -5.30.